The van der Waals surface area contributed by atoms with Crippen LogP contribution in [0.25, 0.3) is 0 Å². The second-order valence-electron chi connectivity index (χ2n) is 5.43. The lowest BCUT2D eigenvalue weighted by Gasteiger charge is -2.22. The number of rotatable bonds is 4. The number of hydrogen-bond acceptors (Lipinski definition) is 3. The minimum atomic E-state index is -0.598. The van der Waals surface area contributed by atoms with Gasteiger partial charge in [-0.1, -0.05) is 36.2 Å². The molecule has 4 heteroatoms. The Kier molecular flexibility index (Phi) is 4.56. The van der Waals surface area contributed by atoms with Crippen LogP contribution in [0.2, 0.25) is 0 Å². The minimum Gasteiger partial charge on any atom is -0.351 e. The van der Waals surface area contributed by atoms with Crippen molar-refractivity contribution in [3.63, 3.8) is 0 Å². The molecule has 1 aliphatic rings. The Morgan fingerprint density at radius 2 is 2.05 bits per heavy atom. The minimum absolute atomic E-state index is 0.103. The van der Waals surface area contributed by atoms with Crippen LogP contribution in [-0.2, 0) is 4.79 Å². The van der Waals surface area contributed by atoms with E-state index in [0.717, 1.165) is 30.4 Å². The van der Waals surface area contributed by atoms with Crippen LogP contribution >= 0.6 is 0 Å². The zero-order valence-corrected chi connectivity index (χ0v) is 11.4. The van der Waals surface area contributed by atoms with Crippen LogP contribution in [0.15, 0.2) is 24.3 Å². The number of hydrogen-bond donors (Lipinski definition) is 3. The average Bonchev–Trinajstić information content (AvgIpc) is 2.86. The lowest BCUT2D eigenvalue weighted by molar-refractivity contribution is -0.123. The largest absolute Gasteiger partial charge is 0.351 e. The molecule has 1 amide bonds. The van der Waals surface area contributed by atoms with Crippen molar-refractivity contribution in [1.29, 1.82) is 0 Å². The van der Waals surface area contributed by atoms with Gasteiger partial charge in [-0.3, -0.25) is 4.79 Å². The Hall–Kier alpha value is -1.39. The number of carbonyl (C=O) groups is 1. The predicted octanol–water partition coefficient (Wildman–Crippen LogP) is 1.24. The molecule has 5 N–H and O–H groups in total. The van der Waals surface area contributed by atoms with E-state index in [1.165, 1.54) is 0 Å². The molecular formula is C15H23N3O. The summed E-state index contributed by atoms with van der Waals surface area (Å²) in [5.74, 6) is 0.295. The molecule has 4 nitrogen and oxygen atoms in total. The fourth-order valence-electron chi connectivity index (χ4n) is 2.71. The van der Waals surface area contributed by atoms with E-state index in [1.807, 2.05) is 31.2 Å². The summed E-state index contributed by atoms with van der Waals surface area (Å²) in [6, 6.07) is 7.36. The molecule has 0 bridgehead atoms. The normalized spacial score (nSPS) is 24.2. The SMILES string of the molecule is Cc1ccc(C(N)C(=O)NC2CCCC2CN)cc1. The van der Waals surface area contributed by atoms with Crippen LogP contribution in [0, 0.1) is 12.8 Å². The highest BCUT2D eigenvalue weighted by Crippen LogP contribution is 2.25. The quantitative estimate of drug-likeness (QED) is 0.762. The van der Waals surface area contributed by atoms with Crippen molar-refractivity contribution in [2.24, 2.45) is 17.4 Å². The molecule has 104 valence electrons. The van der Waals surface area contributed by atoms with Crippen molar-refractivity contribution in [3.8, 4) is 0 Å². The predicted molar refractivity (Wildman–Crippen MR) is 76.4 cm³/mol. The molecule has 1 aromatic carbocycles. The second-order valence-corrected chi connectivity index (χ2v) is 5.43. The topological polar surface area (TPSA) is 81.1 Å². The molecule has 0 aliphatic heterocycles. The third kappa shape index (κ3) is 3.33. The van der Waals surface area contributed by atoms with E-state index >= 15 is 0 Å². The molecule has 0 saturated heterocycles. The van der Waals surface area contributed by atoms with Gasteiger partial charge in [-0.2, -0.15) is 0 Å². The van der Waals surface area contributed by atoms with Gasteiger partial charge in [-0.15, -0.1) is 0 Å². The van der Waals surface area contributed by atoms with E-state index in [0.29, 0.717) is 12.5 Å². The van der Waals surface area contributed by atoms with E-state index in [-0.39, 0.29) is 11.9 Å². The molecule has 19 heavy (non-hydrogen) atoms. The summed E-state index contributed by atoms with van der Waals surface area (Å²) in [6.45, 7) is 2.64. The Bertz CT molecular complexity index is 430. The molecule has 0 aromatic heterocycles. The number of amides is 1. The molecule has 3 atom stereocenters. The molecule has 0 spiro atoms. The van der Waals surface area contributed by atoms with Crippen molar-refractivity contribution in [2.75, 3.05) is 6.54 Å². The summed E-state index contributed by atoms with van der Waals surface area (Å²) in [5, 5.41) is 3.05. The number of nitrogens with one attached hydrogen (secondary N) is 1. The molecule has 2 rings (SSSR count). The lowest BCUT2D eigenvalue weighted by Crippen LogP contribution is -2.44. The van der Waals surface area contributed by atoms with E-state index < -0.39 is 6.04 Å². The first-order chi connectivity index (χ1) is 9.11. The van der Waals surface area contributed by atoms with Crippen molar-refractivity contribution in [2.45, 2.75) is 38.3 Å². The molecule has 1 aromatic rings. The fraction of sp³-hybridized carbons (Fsp3) is 0.533. The molecule has 1 fully saturated rings. The molecule has 0 radical (unpaired) electrons. The fourth-order valence-corrected chi connectivity index (χ4v) is 2.71. The van der Waals surface area contributed by atoms with Crippen molar-refractivity contribution < 1.29 is 4.79 Å². The summed E-state index contributed by atoms with van der Waals surface area (Å²) in [7, 11) is 0. The third-order valence-electron chi connectivity index (χ3n) is 4.01. The van der Waals surface area contributed by atoms with Crippen molar-refractivity contribution in [1.82, 2.24) is 5.32 Å². The highest BCUT2D eigenvalue weighted by molar-refractivity contribution is 5.83. The lowest BCUT2D eigenvalue weighted by atomic mass is 10.0. The summed E-state index contributed by atoms with van der Waals surface area (Å²) >= 11 is 0. The Balaban J connectivity index is 1.97. The summed E-state index contributed by atoms with van der Waals surface area (Å²) < 4.78 is 0. The third-order valence-corrected chi connectivity index (χ3v) is 4.01. The Labute approximate surface area is 114 Å². The van der Waals surface area contributed by atoms with Crippen LogP contribution in [0.1, 0.15) is 36.4 Å². The van der Waals surface area contributed by atoms with Crippen molar-refractivity contribution in [3.05, 3.63) is 35.4 Å². The van der Waals surface area contributed by atoms with E-state index in [1.54, 1.807) is 0 Å². The summed E-state index contributed by atoms with van der Waals surface area (Å²) in [4.78, 5) is 12.2. The Morgan fingerprint density at radius 1 is 1.37 bits per heavy atom. The van der Waals surface area contributed by atoms with E-state index in [9.17, 15) is 4.79 Å². The maximum absolute atomic E-state index is 12.2. The first-order valence-electron chi connectivity index (χ1n) is 6.94. The smallest absolute Gasteiger partial charge is 0.241 e. The summed E-state index contributed by atoms with van der Waals surface area (Å²) in [6.07, 6.45) is 3.24. The number of carbonyl (C=O) groups excluding carboxylic acids is 1. The van der Waals surface area contributed by atoms with Gasteiger partial charge in [0, 0.05) is 6.04 Å². The van der Waals surface area contributed by atoms with Crippen LogP contribution in [0.3, 0.4) is 0 Å². The van der Waals surface area contributed by atoms with Gasteiger partial charge in [0.25, 0.3) is 0 Å². The summed E-state index contributed by atoms with van der Waals surface area (Å²) in [5.41, 5.74) is 13.7. The van der Waals surface area contributed by atoms with Gasteiger partial charge < -0.3 is 16.8 Å². The average molecular weight is 261 g/mol. The molecule has 1 saturated carbocycles. The monoisotopic (exact) mass is 261 g/mol. The zero-order valence-electron chi connectivity index (χ0n) is 11.4. The maximum Gasteiger partial charge on any atom is 0.241 e. The zero-order chi connectivity index (χ0) is 13.8. The first kappa shape index (κ1) is 14.0. The maximum atomic E-state index is 12.2. The molecule has 0 heterocycles. The van der Waals surface area contributed by atoms with E-state index in [4.69, 9.17) is 11.5 Å². The molecule has 1 aliphatic carbocycles. The van der Waals surface area contributed by atoms with Gasteiger partial charge in [0.2, 0.25) is 5.91 Å². The van der Waals surface area contributed by atoms with Crippen molar-refractivity contribution >= 4 is 5.91 Å². The highest BCUT2D eigenvalue weighted by atomic mass is 16.2. The van der Waals surface area contributed by atoms with Crippen LogP contribution < -0.4 is 16.8 Å². The van der Waals surface area contributed by atoms with Gasteiger partial charge >= 0.3 is 0 Å². The molecular weight excluding hydrogens is 238 g/mol. The van der Waals surface area contributed by atoms with Gasteiger partial charge in [0.1, 0.15) is 6.04 Å². The Morgan fingerprint density at radius 3 is 2.68 bits per heavy atom. The standard InChI is InChI=1S/C15H23N3O/c1-10-5-7-11(8-6-10)14(17)15(19)18-13-4-2-3-12(13)9-16/h5-8,12-14H,2-4,9,16-17H2,1H3,(H,18,19). The van der Waals surface area contributed by atoms with Crippen LogP contribution in [-0.4, -0.2) is 18.5 Å². The number of nitrogens with two attached hydrogens (primary N) is 2. The van der Waals surface area contributed by atoms with Crippen LogP contribution in [0.5, 0.6) is 0 Å². The van der Waals surface area contributed by atoms with Gasteiger partial charge in [0.05, 0.1) is 0 Å². The first-order valence-corrected chi connectivity index (χ1v) is 6.94. The number of aryl methyl sites for hydroxylation is 1. The van der Waals surface area contributed by atoms with Gasteiger partial charge in [-0.25, -0.2) is 0 Å². The number of benzene rings is 1. The highest BCUT2D eigenvalue weighted by Gasteiger charge is 2.29. The van der Waals surface area contributed by atoms with Gasteiger partial charge in [-0.05, 0) is 37.8 Å². The molecule has 3 unspecified atom stereocenters. The van der Waals surface area contributed by atoms with Gasteiger partial charge in [0.15, 0.2) is 0 Å². The van der Waals surface area contributed by atoms with E-state index in [2.05, 4.69) is 5.32 Å². The second kappa shape index (κ2) is 6.17. The van der Waals surface area contributed by atoms with Crippen LogP contribution in [0.4, 0.5) is 0 Å².